The fraction of sp³-hybridized carbons (Fsp3) is 0.333. The first-order valence-corrected chi connectivity index (χ1v) is 4.07. The summed E-state index contributed by atoms with van der Waals surface area (Å²) in [5, 5.41) is 10.5. The van der Waals surface area contributed by atoms with Crippen molar-refractivity contribution in [3.63, 3.8) is 0 Å². The first kappa shape index (κ1) is 10.3. The summed E-state index contributed by atoms with van der Waals surface area (Å²) in [6.07, 6.45) is -1.16. The molecule has 0 saturated carbocycles. The second-order valence-corrected chi connectivity index (χ2v) is 2.91. The van der Waals surface area contributed by atoms with Crippen LogP contribution in [0.2, 0.25) is 0 Å². The van der Waals surface area contributed by atoms with Gasteiger partial charge in [-0.1, -0.05) is 0 Å². The molecule has 0 aromatic carbocycles. The first-order chi connectivity index (χ1) is 6.50. The molecule has 0 aliphatic heterocycles. The molecule has 5 nitrogen and oxygen atoms in total. The van der Waals surface area contributed by atoms with E-state index in [2.05, 4.69) is 5.32 Å². The lowest BCUT2D eigenvalue weighted by molar-refractivity contribution is 0.194. The summed E-state index contributed by atoms with van der Waals surface area (Å²) in [6.45, 7) is 3.28. The topological polar surface area (TPSA) is 79.5 Å². The maximum atomic E-state index is 11.4. The van der Waals surface area contributed by atoms with Gasteiger partial charge in [-0.05, 0) is 13.8 Å². The molecule has 0 spiro atoms. The van der Waals surface area contributed by atoms with Gasteiger partial charge in [0.2, 0.25) is 0 Å². The van der Waals surface area contributed by atoms with Crippen molar-refractivity contribution in [2.24, 2.45) is 0 Å². The second kappa shape index (κ2) is 3.95. The number of nitrogens with one attached hydrogen (secondary N) is 1. The van der Waals surface area contributed by atoms with Crippen LogP contribution < -0.4 is 10.7 Å². The van der Waals surface area contributed by atoms with Crippen LogP contribution in [0.25, 0.3) is 0 Å². The van der Waals surface area contributed by atoms with Crippen molar-refractivity contribution in [1.29, 1.82) is 0 Å². The van der Waals surface area contributed by atoms with E-state index < -0.39 is 6.09 Å². The zero-order valence-corrected chi connectivity index (χ0v) is 7.96. The Labute approximate surface area is 80.4 Å². The predicted molar refractivity (Wildman–Crippen MR) is 49.3 cm³/mol. The van der Waals surface area contributed by atoms with Crippen LogP contribution in [0.3, 0.4) is 0 Å². The average Bonchev–Trinajstić information content (AvgIpc) is 2.01. The van der Waals surface area contributed by atoms with Gasteiger partial charge in [-0.2, -0.15) is 0 Å². The van der Waals surface area contributed by atoms with Crippen LogP contribution in [0, 0.1) is 13.8 Å². The van der Waals surface area contributed by atoms with Crippen LogP contribution in [0.1, 0.15) is 17.1 Å². The summed E-state index contributed by atoms with van der Waals surface area (Å²) in [4.78, 5) is 21.6. The number of aryl methyl sites for hydroxylation is 2. The highest BCUT2D eigenvalue weighted by molar-refractivity contribution is 5.64. The number of carboxylic acid groups (broad SMARTS) is 1. The van der Waals surface area contributed by atoms with Gasteiger partial charge in [0.15, 0.2) is 5.43 Å². The Hall–Kier alpha value is -1.78. The zero-order chi connectivity index (χ0) is 10.7. The third-order valence-corrected chi connectivity index (χ3v) is 1.79. The Kier molecular flexibility index (Phi) is 2.91. The predicted octanol–water partition coefficient (Wildman–Crippen LogP) is 1.02. The van der Waals surface area contributed by atoms with E-state index in [0.29, 0.717) is 17.1 Å². The highest BCUT2D eigenvalue weighted by Gasteiger charge is 2.07. The molecule has 14 heavy (non-hydrogen) atoms. The third-order valence-electron chi connectivity index (χ3n) is 1.79. The summed E-state index contributed by atoms with van der Waals surface area (Å²) in [6, 6.07) is 1.34. The van der Waals surface area contributed by atoms with Crippen LogP contribution in [0.15, 0.2) is 15.3 Å². The Balaban J connectivity index is 2.97. The molecule has 0 aliphatic rings. The van der Waals surface area contributed by atoms with Crippen molar-refractivity contribution in [2.75, 3.05) is 0 Å². The average molecular weight is 197 g/mol. The largest absolute Gasteiger partial charge is 0.466 e. The van der Waals surface area contributed by atoms with Crippen molar-refractivity contribution in [3.05, 3.63) is 33.4 Å². The van der Waals surface area contributed by atoms with Gasteiger partial charge in [-0.15, -0.1) is 0 Å². The maximum Gasteiger partial charge on any atom is 0.404 e. The summed E-state index contributed by atoms with van der Waals surface area (Å²) >= 11 is 0. The molecule has 0 unspecified atom stereocenters. The molecule has 1 rings (SSSR count). The van der Waals surface area contributed by atoms with Crippen molar-refractivity contribution in [2.45, 2.75) is 20.4 Å². The third kappa shape index (κ3) is 2.35. The number of carbonyl (C=O) groups is 1. The minimum Gasteiger partial charge on any atom is -0.466 e. The van der Waals surface area contributed by atoms with E-state index in [9.17, 15) is 9.59 Å². The number of hydrogen-bond donors (Lipinski definition) is 2. The van der Waals surface area contributed by atoms with Crippen LogP contribution in [-0.4, -0.2) is 11.2 Å². The lowest BCUT2D eigenvalue weighted by Crippen LogP contribution is -2.24. The molecule has 1 heterocycles. The van der Waals surface area contributed by atoms with E-state index in [4.69, 9.17) is 9.52 Å². The number of amides is 1. The molecular formula is C9H11NO4. The van der Waals surface area contributed by atoms with E-state index in [1.54, 1.807) is 13.8 Å². The molecular weight excluding hydrogens is 186 g/mol. The van der Waals surface area contributed by atoms with Crippen molar-refractivity contribution in [3.8, 4) is 0 Å². The molecule has 1 aromatic heterocycles. The van der Waals surface area contributed by atoms with Gasteiger partial charge in [0.1, 0.15) is 11.5 Å². The molecule has 2 N–H and O–H groups in total. The Morgan fingerprint density at radius 1 is 1.57 bits per heavy atom. The highest BCUT2D eigenvalue weighted by atomic mass is 16.4. The molecule has 0 atom stereocenters. The van der Waals surface area contributed by atoms with E-state index in [1.807, 2.05) is 0 Å². The fourth-order valence-corrected chi connectivity index (χ4v) is 1.15. The molecule has 0 bridgehead atoms. The second-order valence-electron chi connectivity index (χ2n) is 2.91. The lowest BCUT2D eigenvalue weighted by Gasteiger charge is -2.04. The SMILES string of the molecule is Cc1cc(=O)c(CNC(=O)O)c(C)o1. The summed E-state index contributed by atoms with van der Waals surface area (Å²) in [5.41, 5.74) is 0.137. The van der Waals surface area contributed by atoms with Gasteiger partial charge < -0.3 is 14.8 Å². The van der Waals surface area contributed by atoms with E-state index >= 15 is 0 Å². The maximum absolute atomic E-state index is 11.4. The number of hydrogen-bond acceptors (Lipinski definition) is 3. The minimum absolute atomic E-state index is 0.0240. The Morgan fingerprint density at radius 2 is 2.21 bits per heavy atom. The van der Waals surface area contributed by atoms with Crippen molar-refractivity contribution >= 4 is 6.09 Å². The standard InChI is InChI=1S/C9H11NO4/c1-5-3-8(11)7(6(2)14-5)4-10-9(12)13/h3,10H,4H2,1-2H3,(H,12,13). The molecule has 76 valence electrons. The van der Waals surface area contributed by atoms with Crippen LogP contribution in [-0.2, 0) is 6.54 Å². The van der Waals surface area contributed by atoms with Crippen LogP contribution in [0.5, 0.6) is 0 Å². The normalized spacial score (nSPS) is 9.86. The van der Waals surface area contributed by atoms with Crippen LogP contribution >= 0.6 is 0 Å². The van der Waals surface area contributed by atoms with Gasteiger partial charge >= 0.3 is 6.09 Å². The summed E-state index contributed by atoms with van der Waals surface area (Å²) in [7, 11) is 0. The van der Waals surface area contributed by atoms with Gasteiger partial charge in [0, 0.05) is 6.07 Å². The zero-order valence-electron chi connectivity index (χ0n) is 7.96. The monoisotopic (exact) mass is 197 g/mol. The number of rotatable bonds is 2. The molecule has 0 aliphatic carbocycles. The molecule has 0 radical (unpaired) electrons. The summed E-state index contributed by atoms with van der Waals surface area (Å²) < 4.78 is 5.19. The van der Waals surface area contributed by atoms with E-state index in [0.717, 1.165) is 0 Å². The first-order valence-electron chi connectivity index (χ1n) is 4.07. The van der Waals surface area contributed by atoms with Gasteiger partial charge in [0.25, 0.3) is 0 Å². The van der Waals surface area contributed by atoms with Crippen molar-refractivity contribution < 1.29 is 14.3 Å². The van der Waals surface area contributed by atoms with E-state index in [-0.39, 0.29) is 12.0 Å². The van der Waals surface area contributed by atoms with Crippen molar-refractivity contribution in [1.82, 2.24) is 5.32 Å². The van der Waals surface area contributed by atoms with Crippen LogP contribution in [0.4, 0.5) is 4.79 Å². The van der Waals surface area contributed by atoms with Gasteiger partial charge in [-0.3, -0.25) is 4.79 Å². The molecule has 5 heteroatoms. The fourth-order valence-electron chi connectivity index (χ4n) is 1.15. The Morgan fingerprint density at radius 3 is 2.71 bits per heavy atom. The van der Waals surface area contributed by atoms with Gasteiger partial charge in [-0.25, -0.2) is 4.79 Å². The quantitative estimate of drug-likeness (QED) is 0.741. The molecule has 0 saturated heterocycles. The molecule has 1 aromatic rings. The molecule has 1 amide bonds. The minimum atomic E-state index is -1.16. The Bertz CT molecular complexity index is 408. The van der Waals surface area contributed by atoms with Gasteiger partial charge in [0.05, 0.1) is 12.1 Å². The lowest BCUT2D eigenvalue weighted by atomic mass is 10.2. The summed E-state index contributed by atoms with van der Waals surface area (Å²) in [5.74, 6) is 0.968. The highest BCUT2D eigenvalue weighted by Crippen LogP contribution is 2.04. The van der Waals surface area contributed by atoms with E-state index in [1.165, 1.54) is 6.07 Å². The smallest absolute Gasteiger partial charge is 0.404 e. The molecule has 0 fully saturated rings.